The number of carbonyl (C=O) groups is 1. The van der Waals surface area contributed by atoms with Crippen LogP contribution in [0.1, 0.15) is 29.8 Å². The Hall–Kier alpha value is -1.37. The Kier molecular flexibility index (Phi) is 4.13. The van der Waals surface area contributed by atoms with Gasteiger partial charge in [-0.1, -0.05) is 0 Å². The van der Waals surface area contributed by atoms with Gasteiger partial charge in [0.15, 0.2) is 5.76 Å². The molecule has 0 aliphatic carbocycles. The third kappa shape index (κ3) is 3.03. The summed E-state index contributed by atoms with van der Waals surface area (Å²) in [5.74, 6) is 0.395. The van der Waals surface area contributed by atoms with E-state index in [1.54, 1.807) is 18.4 Å². The highest BCUT2D eigenvalue weighted by atomic mass is 16.5. The van der Waals surface area contributed by atoms with Gasteiger partial charge in [0.05, 0.1) is 31.6 Å². The number of furan rings is 1. The minimum absolute atomic E-state index is 0.0238. The number of hydrogen-bond acceptors (Lipinski definition) is 5. The Morgan fingerprint density at radius 1 is 1.22 bits per heavy atom. The van der Waals surface area contributed by atoms with E-state index in [1.165, 1.54) is 0 Å². The fraction of sp³-hybridized carbons (Fsp3) is 0.706. The lowest BCUT2D eigenvalue weighted by atomic mass is 9.88. The maximum Gasteiger partial charge on any atom is 0.289 e. The molecule has 4 rings (SSSR count). The Labute approximate surface area is 136 Å². The highest BCUT2D eigenvalue weighted by Crippen LogP contribution is 2.32. The van der Waals surface area contributed by atoms with Crippen molar-refractivity contribution < 1.29 is 18.7 Å². The quantitative estimate of drug-likeness (QED) is 0.824. The zero-order valence-corrected chi connectivity index (χ0v) is 13.4. The van der Waals surface area contributed by atoms with Crippen LogP contribution in [-0.2, 0) is 9.47 Å². The number of likely N-dealkylation sites (tertiary alicyclic amines) is 1. The number of piperidine rings is 1. The van der Waals surface area contributed by atoms with Crippen molar-refractivity contribution in [1.82, 2.24) is 9.80 Å². The van der Waals surface area contributed by atoms with Crippen molar-refractivity contribution in [3.05, 3.63) is 24.2 Å². The molecular weight excluding hydrogens is 296 g/mol. The molecule has 0 radical (unpaired) electrons. The zero-order valence-electron chi connectivity index (χ0n) is 13.4. The van der Waals surface area contributed by atoms with Crippen LogP contribution < -0.4 is 0 Å². The molecule has 0 aromatic carbocycles. The van der Waals surface area contributed by atoms with E-state index in [9.17, 15) is 4.79 Å². The first kappa shape index (κ1) is 15.2. The summed E-state index contributed by atoms with van der Waals surface area (Å²) in [6, 6.07) is 4.05. The van der Waals surface area contributed by atoms with Gasteiger partial charge < -0.3 is 18.8 Å². The second kappa shape index (κ2) is 6.26. The van der Waals surface area contributed by atoms with Gasteiger partial charge in [0.1, 0.15) is 0 Å². The average Bonchev–Trinajstić information content (AvgIpc) is 3.29. The summed E-state index contributed by atoms with van der Waals surface area (Å²) in [6.07, 6.45) is 4.64. The van der Waals surface area contributed by atoms with Crippen molar-refractivity contribution in [2.75, 3.05) is 46.0 Å². The van der Waals surface area contributed by atoms with Gasteiger partial charge in [-0.15, -0.1) is 0 Å². The van der Waals surface area contributed by atoms with Crippen LogP contribution in [0.4, 0.5) is 0 Å². The molecule has 1 spiro atoms. The van der Waals surface area contributed by atoms with Gasteiger partial charge in [-0.3, -0.25) is 9.69 Å². The predicted octanol–water partition coefficient (Wildman–Crippen LogP) is 1.38. The van der Waals surface area contributed by atoms with Crippen molar-refractivity contribution in [3.8, 4) is 0 Å². The fourth-order valence-electron chi connectivity index (χ4n) is 3.98. The first-order valence-corrected chi connectivity index (χ1v) is 8.54. The van der Waals surface area contributed by atoms with Gasteiger partial charge in [0.2, 0.25) is 0 Å². The smallest absolute Gasteiger partial charge is 0.289 e. The van der Waals surface area contributed by atoms with Crippen LogP contribution in [0, 0.1) is 0 Å². The summed E-state index contributed by atoms with van der Waals surface area (Å²) >= 11 is 0. The van der Waals surface area contributed by atoms with E-state index in [2.05, 4.69) is 4.90 Å². The molecule has 1 atom stereocenters. The lowest BCUT2D eigenvalue weighted by molar-refractivity contribution is -0.130. The highest BCUT2D eigenvalue weighted by Gasteiger charge is 2.42. The van der Waals surface area contributed by atoms with E-state index in [4.69, 9.17) is 13.9 Å². The van der Waals surface area contributed by atoms with Crippen LogP contribution in [-0.4, -0.2) is 73.3 Å². The number of rotatable bonds is 2. The van der Waals surface area contributed by atoms with Crippen molar-refractivity contribution in [2.24, 2.45) is 0 Å². The van der Waals surface area contributed by atoms with Crippen molar-refractivity contribution in [1.29, 1.82) is 0 Å². The lowest BCUT2D eigenvalue weighted by Crippen LogP contribution is -2.59. The monoisotopic (exact) mass is 320 g/mol. The molecule has 0 saturated carbocycles. The molecule has 23 heavy (non-hydrogen) atoms. The Balaban J connectivity index is 1.38. The zero-order chi connectivity index (χ0) is 15.7. The highest BCUT2D eigenvalue weighted by molar-refractivity contribution is 5.91. The van der Waals surface area contributed by atoms with E-state index in [0.717, 1.165) is 45.6 Å². The van der Waals surface area contributed by atoms with E-state index in [-0.39, 0.29) is 11.5 Å². The molecule has 126 valence electrons. The van der Waals surface area contributed by atoms with Crippen LogP contribution in [0.15, 0.2) is 22.8 Å². The van der Waals surface area contributed by atoms with Crippen molar-refractivity contribution in [3.63, 3.8) is 0 Å². The van der Waals surface area contributed by atoms with E-state index >= 15 is 0 Å². The van der Waals surface area contributed by atoms with Gasteiger partial charge in [0.25, 0.3) is 5.91 Å². The first-order valence-electron chi connectivity index (χ1n) is 8.54. The van der Waals surface area contributed by atoms with Crippen LogP contribution in [0.5, 0.6) is 0 Å². The number of carbonyl (C=O) groups excluding carboxylic acids is 1. The van der Waals surface area contributed by atoms with Crippen LogP contribution in [0.3, 0.4) is 0 Å². The van der Waals surface area contributed by atoms with Crippen LogP contribution in [0.2, 0.25) is 0 Å². The minimum atomic E-state index is -0.184. The van der Waals surface area contributed by atoms with E-state index in [0.29, 0.717) is 31.5 Å². The van der Waals surface area contributed by atoms with Gasteiger partial charge in [0, 0.05) is 32.3 Å². The maximum atomic E-state index is 12.5. The Bertz CT molecular complexity index is 531. The summed E-state index contributed by atoms with van der Waals surface area (Å²) in [5.41, 5.74) is -0.184. The standard InChI is InChI=1S/C17H24N2O4/c20-16(15-2-1-9-22-15)19-8-11-23-17(13-19)4-6-18(7-5-17)14-3-10-21-12-14/h1-2,9,14H,3-8,10-13H2. The Morgan fingerprint density at radius 3 is 2.78 bits per heavy atom. The summed E-state index contributed by atoms with van der Waals surface area (Å²) in [7, 11) is 0. The summed E-state index contributed by atoms with van der Waals surface area (Å²) in [6.45, 7) is 5.71. The van der Waals surface area contributed by atoms with Crippen molar-refractivity contribution >= 4 is 5.91 Å². The van der Waals surface area contributed by atoms with E-state index < -0.39 is 0 Å². The molecule has 3 fully saturated rings. The first-order chi connectivity index (χ1) is 11.3. The molecule has 4 heterocycles. The average molecular weight is 320 g/mol. The topological polar surface area (TPSA) is 55.2 Å². The number of amides is 1. The molecule has 3 saturated heterocycles. The molecular formula is C17H24N2O4. The van der Waals surface area contributed by atoms with E-state index in [1.807, 2.05) is 4.90 Å². The molecule has 6 nitrogen and oxygen atoms in total. The minimum Gasteiger partial charge on any atom is -0.459 e. The molecule has 3 aliphatic rings. The summed E-state index contributed by atoms with van der Waals surface area (Å²) in [4.78, 5) is 16.9. The van der Waals surface area contributed by atoms with Gasteiger partial charge in [-0.2, -0.15) is 0 Å². The number of morpholine rings is 1. The van der Waals surface area contributed by atoms with Gasteiger partial charge in [-0.05, 0) is 31.4 Å². The molecule has 1 amide bonds. The molecule has 3 aliphatic heterocycles. The molecule has 1 unspecified atom stereocenters. The number of nitrogens with zero attached hydrogens (tertiary/aromatic N) is 2. The largest absolute Gasteiger partial charge is 0.459 e. The normalized spacial score (nSPS) is 28.3. The maximum absolute atomic E-state index is 12.5. The predicted molar refractivity (Wildman–Crippen MR) is 83.3 cm³/mol. The second-order valence-electron chi connectivity index (χ2n) is 6.79. The van der Waals surface area contributed by atoms with Gasteiger partial charge in [-0.25, -0.2) is 0 Å². The summed E-state index contributed by atoms with van der Waals surface area (Å²) < 4.78 is 16.9. The number of ether oxygens (including phenoxy) is 2. The third-order valence-electron chi connectivity index (χ3n) is 5.40. The van der Waals surface area contributed by atoms with Gasteiger partial charge >= 0.3 is 0 Å². The molecule has 6 heteroatoms. The fourth-order valence-corrected chi connectivity index (χ4v) is 3.98. The Morgan fingerprint density at radius 2 is 2.09 bits per heavy atom. The molecule has 1 aromatic heterocycles. The molecule has 1 aromatic rings. The van der Waals surface area contributed by atoms with Crippen LogP contribution >= 0.6 is 0 Å². The number of hydrogen-bond donors (Lipinski definition) is 0. The SMILES string of the molecule is O=C(c1ccco1)N1CCOC2(CCN(C3CCOC3)CC2)C1. The molecule has 0 bridgehead atoms. The van der Waals surface area contributed by atoms with Crippen molar-refractivity contribution in [2.45, 2.75) is 30.9 Å². The third-order valence-corrected chi connectivity index (χ3v) is 5.40. The van der Waals surface area contributed by atoms with Crippen LogP contribution in [0.25, 0.3) is 0 Å². The molecule has 0 N–H and O–H groups in total. The second-order valence-corrected chi connectivity index (χ2v) is 6.79. The lowest BCUT2D eigenvalue weighted by Gasteiger charge is -2.48. The summed E-state index contributed by atoms with van der Waals surface area (Å²) in [5, 5.41) is 0.